The van der Waals surface area contributed by atoms with Gasteiger partial charge in [-0.25, -0.2) is 9.59 Å². The molecule has 1 heterocycles. The summed E-state index contributed by atoms with van der Waals surface area (Å²) in [6.07, 6.45) is 5.13. The van der Waals surface area contributed by atoms with Gasteiger partial charge in [0.1, 0.15) is 10.6 Å². The highest BCUT2D eigenvalue weighted by Gasteiger charge is 2.42. The van der Waals surface area contributed by atoms with Crippen LogP contribution in [-0.4, -0.2) is 40.7 Å². The summed E-state index contributed by atoms with van der Waals surface area (Å²) in [4.78, 5) is 42.2. The number of rotatable bonds is 6. The van der Waals surface area contributed by atoms with E-state index in [9.17, 15) is 14.4 Å². The third-order valence-corrected chi connectivity index (χ3v) is 6.61. The molecule has 2 fully saturated rings. The van der Waals surface area contributed by atoms with Crippen molar-refractivity contribution in [2.75, 3.05) is 12.9 Å². The number of fused-ring (bicyclic) bond motifs is 2. The van der Waals surface area contributed by atoms with Crippen molar-refractivity contribution in [3.05, 3.63) is 21.7 Å². The summed E-state index contributed by atoms with van der Waals surface area (Å²) in [6.45, 7) is 3.68. The van der Waals surface area contributed by atoms with E-state index in [0.29, 0.717) is 11.6 Å². The van der Waals surface area contributed by atoms with Crippen LogP contribution in [0.5, 0.6) is 0 Å². The number of nitrogens with zero attached hydrogens (tertiary/aromatic N) is 1. The fourth-order valence-electron chi connectivity index (χ4n) is 4.45. The van der Waals surface area contributed by atoms with Crippen molar-refractivity contribution < 1.29 is 14.3 Å². The van der Waals surface area contributed by atoms with Gasteiger partial charge in [0, 0.05) is 11.7 Å². The van der Waals surface area contributed by atoms with E-state index in [-0.39, 0.29) is 28.3 Å². The Labute approximate surface area is 156 Å². The van der Waals surface area contributed by atoms with E-state index in [0.717, 1.165) is 23.6 Å². The fourth-order valence-corrected chi connectivity index (χ4v) is 5.33. The zero-order chi connectivity index (χ0) is 18.8. The van der Waals surface area contributed by atoms with E-state index in [1.807, 2.05) is 0 Å². The molecule has 142 valence electrons. The molecule has 0 aromatic carbocycles. The van der Waals surface area contributed by atoms with Gasteiger partial charge >= 0.3 is 11.7 Å². The Morgan fingerprint density at radius 2 is 2.15 bits per heavy atom. The smallest absolute Gasteiger partial charge is 0.346 e. The Bertz CT molecular complexity index is 763. The van der Waals surface area contributed by atoms with Gasteiger partial charge in [-0.2, -0.15) is 4.98 Å². The number of methoxy groups -OCH3 is 1. The Morgan fingerprint density at radius 3 is 2.77 bits per heavy atom. The molecular weight excluding hydrogens is 354 g/mol. The Hall–Kier alpha value is -1.83. The van der Waals surface area contributed by atoms with Gasteiger partial charge in [-0.15, -0.1) is 0 Å². The lowest BCUT2D eigenvalue weighted by Gasteiger charge is -2.28. The molecule has 3 rings (SSSR count). The highest BCUT2D eigenvalue weighted by Crippen LogP contribution is 2.49. The van der Waals surface area contributed by atoms with Crippen LogP contribution >= 0.6 is 11.8 Å². The van der Waals surface area contributed by atoms with Crippen LogP contribution < -0.4 is 11.0 Å². The first kappa shape index (κ1) is 18.9. The first-order valence-corrected chi connectivity index (χ1v) is 9.99. The van der Waals surface area contributed by atoms with Gasteiger partial charge < -0.3 is 15.0 Å². The van der Waals surface area contributed by atoms with E-state index in [1.54, 1.807) is 6.92 Å². The van der Waals surface area contributed by atoms with Crippen LogP contribution in [-0.2, 0) is 9.53 Å². The number of aromatic nitrogens is 2. The molecule has 0 unspecified atom stereocenters. The first-order chi connectivity index (χ1) is 12.4. The predicted octanol–water partition coefficient (Wildman–Crippen LogP) is 1.90. The normalized spacial score (nSPS) is 25.1. The predicted molar refractivity (Wildman–Crippen MR) is 98.2 cm³/mol. The minimum atomic E-state index is -0.579. The average Bonchev–Trinajstić information content (AvgIpc) is 3.22. The van der Waals surface area contributed by atoms with Crippen molar-refractivity contribution >= 4 is 23.6 Å². The summed E-state index contributed by atoms with van der Waals surface area (Å²) < 4.78 is 4.75. The fraction of sp³-hybridized carbons (Fsp3) is 0.667. The lowest BCUT2D eigenvalue weighted by atomic mass is 9.84. The summed E-state index contributed by atoms with van der Waals surface area (Å²) in [7, 11) is 1.27. The molecule has 1 aromatic heterocycles. The molecule has 2 bridgehead atoms. The van der Waals surface area contributed by atoms with Gasteiger partial charge in [0.2, 0.25) is 5.91 Å². The maximum Gasteiger partial charge on any atom is 0.346 e. The molecule has 0 radical (unpaired) electrons. The molecular formula is C18H25N3O4S. The van der Waals surface area contributed by atoms with Gasteiger partial charge in [0.15, 0.2) is 0 Å². The van der Waals surface area contributed by atoms with Crippen LogP contribution in [0.15, 0.2) is 9.82 Å². The summed E-state index contributed by atoms with van der Waals surface area (Å²) in [5, 5.41) is 3.30. The second kappa shape index (κ2) is 7.82. The first-order valence-electron chi connectivity index (χ1n) is 9.00. The van der Waals surface area contributed by atoms with Crippen molar-refractivity contribution in [2.24, 2.45) is 17.8 Å². The van der Waals surface area contributed by atoms with Crippen LogP contribution in [0.2, 0.25) is 0 Å². The zero-order valence-corrected chi connectivity index (χ0v) is 16.1. The van der Waals surface area contributed by atoms with Crippen LogP contribution in [0, 0.1) is 24.7 Å². The monoisotopic (exact) mass is 379 g/mol. The molecule has 7 nitrogen and oxygen atoms in total. The standard InChI is InChI=1S/C18H25N3O4S/c1-9(13-7-11-4-5-12(13)6-11)19-14(22)8-26-16-15(17(23)25-3)10(2)20-18(24)21-16/h9,11-13H,4-8H2,1-3H3,(H,19,22)(H,20,21,24)/t9-,11+,12+,13+/m1/s1. The SMILES string of the molecule is COC(=O)c1c(SCC(=O)N[C@H](C)[C@@H]2C[C@H]3CC[C@H]2C3)nc(=O)[nH]c1C. The second-order valence-electron chi connectivity index (χ2n) is 7.32. The third kappa shape index (κ3) is 3.95. The molecule has 2 N–H and O–H groups in total. The summed E-state index contributed by atoms with van der Waals surface area (Å²) in [5.41, 5.74) is 0.0366. The Morgan fingerprint density at radius 1 is 1.38 bits per heavy atom. The summed E-state index contributed by atoms with van der Waals surface area (Å²) in [5.74, 6) is 1.56. The number of ether oxygens (including phenoxy) is 1. The number of nitrogens with one attached hydrogen (secondary N) is 2. The van der Waals surface area contributed by atoms with Crippen LogP contribution in [0.3, 0.4) is 0 Å². The molecule has 2 saturated carbocycles. The minimum absolute atomic E-state index is 0.102. The molecule has 1 aromatic rings. The van der Waals surface area contributed by atoms with Crippen molar-refractivity contribution in [1.29, 1.82) is 0 Å². The number of esters is 1. The summed E-state index contributed by atoms with van der Waals surface area (Å²) >= 11 is 1.08. The van der Waals surface area contributed by atoms with Crippen molar-refractivity contribution in [3.8, 4) is 0 Å². The molecule has 0 spiro atoms. The largest absolute Gasteiger partial charge is 0.465 e. The average molecular weight is 379 g/mol. The van der Waals surface area contributed by atoms with Crippen molar-refractivity contribution in [1.82, 2.24) is 15.3 Å². The van der Waals surface area contributed by atoms with Crippen molar-refractivity contribution in [2.45, 2.75) is 50.6 Å². The molecule has 26 heavy (non-hydrogen) atoms. The number of carbonyl (C=O) groups is 2. The molecule has 8 heteroatoms. The highest BCUT2D eigenvalue weighted by atomic mass is 32.2. The lowest BCUT2D eigenvalue weighted by Crippen LogP contribution is -2.41. The van der Waals surface area contributed by atoms with E-state index in [1.165, 1.54) is 32.8 Å². The Balaban J connectivity index is 1.61. The number of thioether (sulfide) groups is 1. The van der Waals surface area contributed by atoms with E-state index >= 15 is 0 Å². The summed E-state index contributed by atoms with van der Waals surface area (Å²) in [6, 6.07) is 0.146. The van der Waals surface area contributed by atoms with Gasteiger partial charge in [0.05, 0.1) is 12.9 Å². The minimum Gasteiger partial charge on any atom is -0.465 e. The maximum absolute atomic E-state index is 12.3. The number of hydrogen-bond donors (Lipinski definition) is 2. The second-order valence-corrected chi connectivity index (χ2v) is 8.29. The van der Waals surface area contributed by atoms with Gasteiger partial charge in [-0.05, 0) is 50.9 Å². The van der Waals surface area contributed by atoms with Crippen LogP contribution in [0.4, 0.5) is 0 Å². The number of hydrogen-bond acceptors (Lipinski definition) is 6. The van der Waals surface area contributed by atoms with Crippen molar-refractivity contribution in [3.63, 3.8) is 0 Å². The quantitative estimate of drug-likeness (QED) is 0.445. The molecule has 4 atom stereocenters. The van der Waals surface area contributed by atoms with Gasteiger partial charge in [-0.3, -0.25) is 4.79 Å². The number of amides is 1. The van der Waals surface area contributed by atoms with E-state index in [2.05, 4.69) is 22.2 Å². The molecule has 2 aliphatic carbocycles. The van der Waals surface area contributed by atoms with Crippen LogP contribution in [0.25, 0.3) is 0 Å². The number of aryl methyl sites for hydroxylation is 1. The lowest BCUT2D eigenvalue weighted by molar-refractivity contribution is -0.119. The van der Waals surface area contributed by atoms with E-state index < -0.39 is 11.7 Å². The number of carbonyl (C=O) groups excluding carboxylic acids is 2. The molecule has 1 amide bonds. The molecule has 0 aliphatic heterocycles. The maximum atomic E-state index is 12.3. The Kier molecular flexibility index (Phi) is 5.70. The van der Waals surface area contributed by atoms with E-state index in [4.69, 9.17) is 4.74 Å². The third-order valence-electron chi connectivity index (χ3n) is 5.64. The zero-order valence-electron chi connectivity index (χ0n) is 15.3. The number of aromatic amines is 1. The molecule has 0 saturated heterocycles. The topological polar surface area (TPSA) is 101 Å². The van der Waals surface area contributed by atoms with Gasteiger partial charge in [0.25, 0.3) is 0 Å². The highest BCUT2D eigenvalue weighted by molar-refractivity contribution is 8.00. The number of H-pyrrole nitrogens is 1. The van der Waals surface area contributed by atoms with Crippen LogP contribution in [0.1, 0.15) is 48.7 Å². The molecule has 2 aliphatic rings. The van der Waals surface area contributed by atoms with Gasteiger partial charge in [-0.1, -0.05) is 18.2 Å².